The normalized spacial score (nSPS) is 7.82. The number of carboxylic acid groups (broad SMARTS) is 1. The maximum absolute atomic E-state index is 8.36. The molecule has 1 aromatic heterocycles. The Morgan fingerprint density at radius 1 is 1.73 bits per heavy atom. The average Bonchev–Trinajstić information content (AvgIpc) is 1.97. The van der Waals surface area contributed by atoms with Gasteiger partial charge >= 0.3 is 0 Å². The van der Waals surface area contributed by atoms with Gasteiger partial charge in [-0.3, -0.25) is 4.79 Å². The fraction of sp³-hybridized carbons (Fsp3) is 0.143. The summed E-state index contributed by atoms with van der Waals surface area (Å²) in [6.45, 7) is 1.76. The van der Waals surface area contributed by atoms with Crippen LogP contribution in [0.4, 0.5) is 0 Å². The van der Waals surface area contributed by atoms with E-state index in [1.54, 1.807) is 6.20 Å². The van der Waals surface area contributed by atoms with E-state index in [4.69, 9.17) is 9.90 Å². The lowest BCUT2D eigenvalue weighted by molar-refractivity contribution is -0.122. The van der Waals surface area contributed by atoms with E-state index in [-0.39, 0.29) is 6.47 Å². The number of nitrogens with zero attached hydrogens (tertiary/aromatic N) is 1. The number of pyridine rings is 1. The van der Waals surface area contributed by atoms with E-state index in [0.717, 1.165) is 4.60 Å². The molecular formula is C7H8BrNO2. The lowest BCUT2D eigenvalue weighted by Crippen LogP contribution is -1.76. The summed E-state index contributed by atoms with van der Waals surface area (Å²) in [7, 11) is 0. The van der Waals surface area contributed by atoms with Gasteiger partial charge in [0.1, 0.15) is 4.60 Å². The van der Waals surface area contributed by atoms with Gasteiger partial charge in [0.15, 0.2) is 0 Å². The Balaban J connectivity index is 0.000000292. The monoisotopic (exact) mass is 217 g/mol. The summed E-state index contributed by atoms with van der Waals surface area (Å²) in [6.07, 6.45) is 1.76. The van der Waals surface area contributed by atoms with Crippen LogP contribution in [0, 0.1) is 6.92 Å². The van der Waals surface area contributed by atoms with Crippen LogP contribution in [0.1, 0.15) is 5.56 Å². The minimum absolute atomic E-state index is 0.250. The quantitative estimate of drug-likeness (QED) is 0.534. The van der Waals surface area contributed by atoms with Gasteiger partial charge in [0.25, 0.3) is 6.47 Å². The SMILES string of the molecule is Cc1cccnc1Br.O=CO. The molecule has 0 bridgehead atoms. The molecule has 1 rings (SSSR count). The molecule has 0 aromatic carbocycles. The number of rotatable bonds is 0. The van der Waals surface area contributed by atoms with E-state index in [1.807, 2.05) is 19.1 Å². The van der Waals surface area contributed by atoms with Crippen molar-refractivity contribution in [3.63, 3.8) is 0 Å². The van der Waals surface area contributed by atoms with Crippen molar-refractivity contribution in [2.45, 2.75) is 6.92 Å². The zero-order valence-electron chi connectivity index (χ0n) is 5.99. The third-order valence-electron chi connectivity index (χ3n) is 0.946. The maximum Gasteiger partial charge on any atom is 0.290 e. The van der Waals surface area contributed by atoms with Crippen LogP contribution in [0.3, 0.4) is 0 Å². The van der Waals surface area contributed by atoms with Crippen LogP contribution in [0.25, 0.3) is 0 Å². The Kier molecular flexibility index (Phi) is 5.37. The standard InChI is InChI=1S/C6H6BrN.CH2O2/c1-5-3-2-4-8-6(5)7;2-1-3/h2-4H,1H3;1H,(H,2,3). The number of halogens is 1. The number of carbonyl (C=O) groups is 1. The van der Waals surface area contributed by atoms with Gasteiger partial charge < -0.3 is 5.11 Å². The predicted molar refractivity (Wildman–Crippen MR) is 45.4 cm³/mol. The van der Waals surface area contributed by atoms with Crippen LogP contribution in [0.15, 0.2) is 22.9 Å². The largest absolute Gasteiger partial charge is 0.483 e. The van der Waals surface area contributed by atoms with E-state index >= 15 is 0 Å². The van der Waals surface area contributed by atoms with Crippen LogP contribution in [0.2, 0.25) is 0 Å². The molecule has 0 saturated heterocycles. The Labute approximate surface area is 73.2 Å². The van der Waals surface area contributed by atoms with E-state index in [0.29, 0.717) is 0 Å². The Hall–Kier alpha value is -0.900. The molecule has 0 aliphatic carbocycles. The first-order chi connectivity index (χ1) is 5.22. The van der Waals surface area contributed by atoms with E-state index in [1.165, 1.54) is 5.56 Å². The van der Waals surface area contributed by atoms with Crippen LogP contribution in [-0.4, -0.2) is 16.6 Å². The fourth-order valence-electron chi connectivity index (χ4n) is 0.466. The van der Waals surface area contributed by atoms with Gasteiger partial charge in [-0.1, -0.05) is 6.07 Å². The highest BCUT2D eigenvalue weighted by atomic mass is 79.9. The second-order valence-electron chi connectivity index (χ2n) is 1.72. The first-order valence-corrected chi connectivity index (χ1v) is 3.66. The average molecular weight is 218 g/mol. The van der Waals surface area contributed by atoms with Crippen LogP contribution >= 0.6 is 15.9 Å². The molecule has 0 amide bonds. The Morgan fingerprint density at radius 3 is 2.55 bits per heavy atom. The lowest BCUT2D eigenvalue weighted by atomic mass is 10.3. The lowest BCUT2D eigenvalue weighted by Gasteiger charge is -1.90. The topological polar surface area (TPSA) is 50.2 Å². The van der Waals surface area contributed by atoms with Gasteiger partial charge in [0, 0.05) is 6.20 Å². The molecule has 0 unspecified atom stereocenters. The smallest absolute Gasteiger partial charge is 0.290 e. The van der Waals surface area contributed by atoms with Crippen molar-refractivity contribution in [2.75, 3.05) is 0 Å². The molecular weight excluding hydrogens is 210 g/mol. The second-order valence-corrected chi connectivity index (χ2v) is 2.47. The van der Waals surface area contributed by atoms with Crippen molar-refractivity contribution in [1.29, 1.82) is 0 Å². The van der Waals surface area contributed by atoms with Crippen LogP contribution in [0.5, 0.6) is 0 Å². The molecule has 0 spiro atoms. The highest BCUT2D eigenvalue weighted by Gasteiger charge is 1.87. The molecule has 1 heterocycles. The number of aryl methyl sites for hydroxylation is 1. The van der Waals surface area contributed by atoms with Gasteiger partial charge in [-0.05, 0) is 34.5 Å². The molecule has 0 fully saturated rings. The van der Waals surface area contributed by atoms with Crippen molar-refractivity contribution >= 4 is 22.4 Å². The highest BCUT2D eigenvalue weighted by Crippen LogP contribution is 2.09. The van der Waals surface area contributed by atoms with Gasteiger partial charge in [0.05, 0.1) is 0 Å². The molecule has 0 radical (unpaired) electrons. The minimum Gasteiger partial charge on any atom is -0.483 e. The summed E-state index contributed by atoms with van der Waals surface area (Å²) in [5.41, 5.74) is 1.17. The van der Waals surface area contributed by atoms with Crippen molar-refractivity contribution in [2.24, 2.45) is 0 Å². The zero-order valence-corrected chi connectivity index (χ0v) is 7.58. The van der Waals surface area contributed by atoms with E-state index in [2.05, 4.69) is 20.9 Å². The molecule has 60 valence electrons. The van der Waals surface area contributed by atoms with Gasteiger partial charge in [0.2, 0.25) is 0 Å². The zero-order chi connectivity index (χ0) is 8.69. The molecule has 0 aliphatic heterocycles. The van der Waals surface area contributed by atoms with Crippen molar-refractivity contribution in [3.05, 3.63) is 28.5 Å². The molecule has 4 heteroatoms. The fourth-order valence-corrected chi connectivity index (χ4v) is 0.717. The Bertz CT molecular complexity index is 206. The van der Waals surface area contributed by atoms with Gasteiger partial charge in [-0.15, -0.1) is 0 Å². The molecule has 1 N–H and O–H groups in total. The second kappa shape index (κ2) is 5.85. The maximum atomic E-state index is 8.36. The number of hydrogen-bond acceptors (Lipinski definition) is 2. The predicted octanol–water partition coefficient (Wildman–Crippen LogP) is 1.85. The third kappa shape index (κ3) is 4.50. The summed E-state index contributed by atoms with van der Waals surface area (Å²) in [6, 6.07) is 3.93. The van der Waals surface area contributed by atoms with Crippen LogP contribution < -0.4 is 0 Å². The first-order valence-electron chi connectivity index (χ1n) is 2.87. The highest BCUT2D eigenvalue weighted by molar-refractivity contribution is 9.10. The summed E-state index contributed by atoms with van der Waals surface area (Å²) in [4.78, 5) is 12.4. The summed E-state index contributed by atoms with van der Waals surface area (Å²) in [5, 5.41) is 6.89. The molecule has 11 heavy (non-hydrogen) atoms. The summed E-state index contributed by atoms with van der Waals surface area (Å²) >= 11 is 3.28. The number of aromatic nitrogens is 1. The minimum atomic E-state index is -0.250. The van der Waals surface area contributed by atoms with Crippen molar-refractivity contribution < 1.29 is 9.90 Å². The number of hydrogen-bond donors (Lipinski definition) is 1. The molecule has 1 aromatic rings. The van der Waals surface area contributed by atoms with E-state index in [9.17, 15) is 0 Å². The van der Waals surface area contributed by atoms with Crippen LogP contribution in [-0.2, 0) is 4.79 Å². The molecule has 0 saturated carbocycles. The molecule has 3 nitrogen and oxygen atoms in total. The van der Waals surface area contributed by atoms with Crippen molar-refractivity contribution in [1.82, 2.24) is 4.98 Å². The summed E-state index contributed by atoms with van der Waals surface area (Å²) < 4.78 is 0.931. The van der Waals surface area contributed by atoms with Gasteiger partial charge in [-0.25, -0.2) is 4.98 Å². The molecule has 0 atom stereocenters. The Morgan fingerprint density at radius 2 is 2.27 bits per heavy atom. The molecule has 0 aliphatic rings. The van der Waals surface area contributed by atoms with E-state index < -0.39 is 0 Å². The van der Waals surface area contributed by atoms with Gasteiger partial charge in [-0.2, -0.15) is 0 Å². The summed E-state index contributed by atoms with van der Waals surface area (Å²) in [5.74, 6) is 0. The van der Waals surface area contributed by atoms with Crippen molar-refractivity contribution in [3.8, 4) is 0 Å². The first kappa shape index (κ1) is 10.1. The third-order valence-corrected chi connectivity index (χ3v) is 1.78.